The van der Waals surface area contributed by atoms with Crippen LogP contribution in [0.4, 0.5) is 4.79 Å². The molecule has 3 aliphatic rings. The SMILES string of the molecule is O=C1CCc2cc(CC3CC[C@]4(COC(=O)N4)C3)ccc2C1. The molecule has 4 heteroatoms. The lowest BCUT2D eigenvalue weighted by molar-refractivity contribution is -0.118. The first-order valence-electron chi connectivity index (χ1n) is 8.19. The molecule has 1 spiro atoms. The molecular weight excluding hydrogens is 278 g/mol. The highest BCUT2D eigenvalue weighted by Gasteiger charge is 2.45. The molecule has 116 valence electrons. The fourth-order valence-corrected chi connectivity index (χ4v) is 4.27. The van der Waals surface area contributed by atoms with Gasteiger partial charge in [-0.3, -0.25) is 4.79 Å². The van der Waals surface area contributed by atoms with Gasteiger partial charge in [-0.25, -0.2) is 4.79 Å². The van der Waals surface area contributed by atoms with Crippen LogP contribution in [-0.4, -0.2) is 24.0 Å². The van der Waals surface area contributed by atoms with E-state index in [1.807, 2.05) is 0 Å². The van der Waals surface area contributed by atoms with Crippen LogP contribution < -0.4 is 5.32 Å². The fraction of sp³-hybridized carbons (Fsp3) is 0.556. The Morgan fingerprint density at radius 3 is 2.95 bits per heavy atom. The Kier molecular flexibility index (Phi) is 3.21. The molecule has 1 heterocycles. The third-order valence-electron chi connectivity index (χ3n) is 5.41. The molecule has 1 saturated carbocycles. The van der Waals surface area contributed by atoms with E-state index in [2.05, 4.69) is 23.5 Å². The zero-order chi connectivity index (χ0) is 15.2. The Balaban J connectivity index is 1.44. The summed E-state index contributed by atoms with van der Waals surface area (Å²) < 4.78 is 5.09. The van der Waals surface area contributed by atoms with Gasteiger partial charge in [0.05, 0.1) is 5.54 Å². The second-order valence-electron chi connectivity index (χ2n) is 7.11. The van der Waals surface area contributed by atoms with Crippen molar-refractivity contribution in [3.63, 3.8) is 0 Å². The summed E-state index contributed by atoms with van der Waals surface area (Å²) >= 11 is 0. The summed E-state index contributed by atoms with van der Waals surface area (Å²) in [7, 11) is 0. The van der Waals surface area contributed by atoms with Gasteiger partial charge in [-0.05, 0) is 54.7 Å². The number of Topliss-reactive ketones (excluding diaryl/α,β-unsaturated/α-hetero) is 1. The molecule has 2 aliphatic carbocycles. The van der Waals surface area contributed by atoms with Crippen LogP contribution in [-0.2, 0) is 28.8 Å². The molecule has 0 aromatic heterocycles. The number of carbonyl (C=O) groups excluding carboxylic acids is 2. The van der Waals surface area contributed by atoms with Crippen LogP contribution in [0.2, 0.25) is 0 Å². The van der Waals surface area contributed by atoms with E-state index in [1.165, 1.54) is 16.7 Å². The van der Waals surface area contributed by atoms with Crippen molar-refractivity contribution in [2.24, 2.45) is 5.92 Å². The average Bonchev–Trinajstić information content (AvgIpc) is 3.06. The van der Waals surface area contributed by atoms with Crippen LogP contribution in [0.1, 0.15) is 42.4 Å². The Labute approximate surface area is 130 Å². The average molecular weight is 299 g/mol. The minimum absolute atomic E-state index is 0.109. The summed E-state index contributed by atoms with van der Waals surface area (Å²) in [6.45, 7) is 0.522. The van der Waals surface area contributed by atoms with Crippen molar-refractivity contribution < 1.29 is 14.3 Å². The molecule has 1 aromatic carbocycles. The molecule has 22 heavy (non-hydrogen) atoms. The van der Waals surface area contributed by atoms with Gasteiger partial charge in [0.25, 0.3) is 0 Å². The van der Waals surface area contributed by atoms with Crippen LogP contribution in [0.25, 0.3) is 0 Å². The predicted molar refractivity (Wildman–Crippen MR) is 81.7 cm³/mol. The maximum atomic E-state index is 11.5. The molecule has 1 aliphatic heterocycles. The number of hydrogen-bond donors (Lipinski definition) is 1. The standard InChI is InChI=1S/C18H21NO3/c20-16-4-3-14-8-12(1-2-15(14)9-16)7-13-5-6-18(10-13)11-22-17(21)19-18/h1-2,8,13H,3-7,9-11H2,(H,19,21)/t13?,18-/m1/s1. The van der Waals surface area contributed by atoms with Crippen molar-refractivity contribution in [1.29, 1.82) is 0 Å². The summed E-state index contributed by atoms with van der Waals surface area (Å²) in [5.74, 6) is 0.959. The number of ketones is 1. The zero-order valence-electron chi connectivity index (χ0n) is 12.7. The lowest BCUT2D eigenvalue weighted by atomic mass is 9.87. The summed E-state index contributed by atoms with van der Waals surface area (Å²) in [6.07, 6.45) is 6.13. The van der Waals surface area contributed by atoms with Crippen LogP contribution in [0.5, 0.6) is 0 Å². The Morgan fingerprint density at radius 2 is 2.14 bits per heavy atom. The number of nitrogens with one attached hydrogen (secondary N) is 1. The predicted octanol–water partition coefficient (Wildman–Crippen LogP) is 2.57. The number of hydrogen-bond acceptors (Lipinski definition) is 3. The van der Waals surface area contributed by atoms with Crippen molar-refractivity contribution in [3.05, 3.63) is 34.9 Å². The number of amides is 1. The lowest BCUT2D eigenvalue weighted by Gasteiger charge is -2.20. The summed E-state index contributed by atoms with van der Waals surface area (Å²) in [6, 6.07) is 6.59. The first-order valence-corrected chi connectivity index (χ1v) is 8.19. The minimum Gasteiger partial charge on any atom is -0.447 e. The number of carbonyl (C=O) groups is 2. The summed E-state index contributed by atoms with van der Waals surface area (Å²) in [4.78, 5) is 22.8. The van der Waals surface area contributed by atoms with Crippen molar-refractivity contribution in [1.82, 2.24) is 5.32 Å². The van der Waals surface area contributed by atoms with Crippen LogP contribution in [0.15, 0.2) is 18.2 Å². The van der Waals surface area contributed by atoms with E-state index in [4.69, 9.17) is 4.74 Å². The number of rotatable bonds is 2. The highest BCUT2D eigenvalue weighted by molar-refractivity contribution is 5.83. The van der Waals surface area contributed by atoms with Crippen molar-refractivity contribution in [2.75, 3.05) is 6.61 Å². The van der Waals surface area contributed by atoms with Crippen molar-refractivity contribution in [3.8, 4) is 0 Å². The second kappa shape index (κ2) is 5.11. The molecule has 1 amide bonds. The van der Waals surface area contributed by atoms with Gasteiger partial charge in [0, 0.05) is 12.8 Å². The Morgan fingerprint density at radius 1 is 1.23 bits per heavy atom. The summed E-state index contributed by atoms with van der Waals surface area (Å²) in [5.41, 5.74) is 3.81. The topological polar surface area (TPSA) is 55.4 Å². The van der Waals surface area contributed by atoms with Crippen LogP contribution in [0, 0.1) is 5.92 Å². The molecule has 4 rings (SSSR count). The van der Waals surface area contributed by atoms with Crippen molar-refractivity contribution >= 4 is 11.9 Å². The molecule has 0 bridgehead atoms. The zero-order valence-corrected chi connectivity index (χ0v) is 12.7. The molecule has 1 N–H and O–H groups in total. The highest BCUT2D eigenvalue weighted by Crippen LogP contribution is 2.39. The minimum atomic E-state index is -0.265. The highest BCUT2D eigenvalue weighted by atomic mass is 16.6. The Bertz CT molecular complexity index is 639. The van der Waals surface area contributed by atoms with Gasteiger partial charge in [-0.15, -0.1) is 0 Å². The first kappa shape index (κ1) is 13.8. The molecule has 1 unspecified atom stereocenters. The first-order chi connectivity index (χ1) is 10.6. The monoisotopic (exact) mass is 299 g/mol. The van der Waals surface area contributed by atoms with Gasteiger partial charge in [0.15, 0.2) is 0 Å². The second-order valence-corrected chi connectivity index (χ2v) is 7.11. The molecule has 2 fully saturated rings. The molecule has 0 radical (unpaired) electrons. The number of aryl methyl sites for hydroxylation is 1. The summed E-state index contributed by atoms with van der Waals surface area (Å²) in [5, 5.41) is 3.00. The van der Waals surface area contributed by atoms with E-state index in [-0.39, 0.29) is 11.6 Å². The smallest absolute Gasteiger partial charge is 0.407 e. The van der Waals surface area contributed by atoms with E-state index in [0.717, 1.165) is 32.1 Å². The normalized spacial score (nSPS) is 30.3. The number of fused-ring (bicyclic) bond motifs is 1. The number of cyclic esters (lactones) is 1. The maximum Gasteiger partial charge on any atom is 0.407 e. The van der Waals surface area contributed by atoms with Gasteiger partial charge < -0.3 is 10.1 Å². The number of benzene rings is 1. The van der Waals surface area contributed by atoms with Gasteiger partial charge >= 0.3 is 6.09 Å². The lowest BCUT2D eigenvalue weighted by Crippen LogP contribution is -2.40. The molecule has 1 aromatic rings. The molecular formula is C18H21NO3. The largest absolute Gasteiger partial charge is 0.447 e. The molecule has 1 saturated heterocycles. The fourth-order valence-electron chi connectivity index (χ4n) is 4.27. The number of ether oxygens (including phenoxy) is 1. The van der Waals surface area contributed by atoms with E-state index < -0.39 is 0 Å². The number of alkyl carbamates (subject to hydrolysis) is 1. The third kappa shape index (κ3) is 2.51. The van der Waals surface area contributed by atoms with Crippen molar-refractivity contribution in [2.45, 2.75) is 50.5 Å². The van der Waals surface area contributed by atoms with E-state index in [1.54, 1.807) is 0 Å². The molecule has 2 atom stereocenters. The van der Waals surface area contributed by atoms with Gasteiger partial charge in [-0.1, -0.05) is 18.2 Å². The third-order valence-corrected chi connectivity index (χ3v) is 5.41. The van der Waals surface area contributed by atoms with E-state index >= 15 is 0 Å². The van der Waals surface area contributed by atoms with Crippen LogP contribution >= 0.6 is 0 Å². The van der Waals surface area contributed by atoms with E-state index in [9.17, 15) is 9.59 Å². The van der Waals surface area contributed by atoms with Gasteiger partial charge in [-0.2, -0.15) is 0 Å². The quantitative estimate of drug-likeness (QED) is 0.913. The Hall–Kier alpha value is -1.84. The van der Waals surface area contributed by atoms with Crippen LogP contribution in [0.3, 0.4) is 0 Å². The van der Waals surface area contributed by atoms with Gasteiger partial charge in [0.1, 0.15) is 12.4 Å². The molecule has 4 nitrogen and oxygen atoms in total. The van der Waals surface area contributed by atoms with Gasteiger partial charge in [0.2, 0.25) is 0 Å². The maximum absolute atomic E-state index is 11.5. The van der Waals surface area contributed by atoms with E-state index in [0.29, 0.717) is 31.1 Å².